The Bertz CT molecular complexity index is 920. The molecule has 4 rings (SSSR count). The van der Waals surface area contributed by atoms with Crippen LogP contribution in [0.4, 0.5) is 5.69 Å². The van der Waals surface area contributed by atoms with E-state index in [2.05, 4.69) is 15.5 Å². The van der Waals surface area contributed by atoms with Gasteiger partial charge < -0.3 is 24.4 Å². The second-order valence-electron chi connectivity index (χ2n) is 6.95. The third kappa shape index (κ3) is 3.97. The normalized spacial score (nSPS) is 16.0. The van der Waals surface area contributed by atoms with Crippen LogP contribution >= 0.6 is 0 Å². The zero-order chi connectivity index (χ0) is 20.4. The van der Waals surface area contributed by atoms with Crippen molar-refractivity contribution in [1.82, 2.24) is 20.0 Å². The molecule has 0 spiro atoms. The number of amides is 2. The molecule has 0 atom stereocenters. The highest BCUT2D eigenvalue weighted by molar-refractivity contribution is 5.95. The number of carbonyl (C=O) groups is 2. The van der Waals surface area contributed by atoms with E-state index in [0.717, 1.165) is 5.56 Å². The van der Waals surface area contributed by atoms with Crippen LogP contribution in [0.5, 0.6) is 17.2 Å². The molecule has 0 radical (unpaired) electrons. The zero-order valence-electron chi connectivity index (χ0n) is 16.4. The number of nitrogens with one attached hydrogen (secondary N) is 2. The Morgan fingerprint density at radius 3 is 2.59 bits per heavy atom. The van der Waals surface area contributed by atoms with E-state index in [9.17, 15) is 9.59 Å². The fourth-order valence-corrected chi connectivity index (χ4v) is 3.41. The summed E-state index contributed by atoms with van der Waals surface area (Å²) in [6, 6.07) is 3.39. The second kappa shape index (κ2) is 8.00. The van der Waals surface area contributed by atoms with Crippen LogP contribution in [0.1, 0.15) is 16.1 Å². The average molecular weight is 401 g/mol. The first-order chi connectivity index (χ1) is 14.0. The lowest BCUT2D eigenvalue weighted by atomic mass is 10.2. The van der Waals surface area contributed by atoms with E-state index in [1.165, 1.54) is 7.11 Å². The summed E-state index contributed by atoms with van der Waals surface area (Å²) in [5.74, 6) is 1.45. The molecule has 0 aliphatic carbocycles. The standard InChI is InChI=1S/C19H23N5O5/c1-12-9-20-22-18(12)19(26)24-5-3-23(4-6-24)10-17(25)21-13-7-15-16(29-11-28-15)8-14(13)27-2/h7-9H,3-6,10-11H2,1-2H3,(H,20,22)(H,21,25). The van der Waals surface area contributed by atoms with E-state index in [4.69, 9.17) is 14.2 Å². The SMILES string of the molecule is COc1cc2c(cc1NC(=O)CN1CCN(C(=O)c3[nH]ncc3C)CC1)OCO2. The van der Waals surface area contributed by atoms with Crippen molar-refractivity contribution in [1.29, 1.82) is 0 Å². The molecule has 10 heteroatoms. The molecule has 3 heterocycles. The Kier molecular flexibility index (Phi) is 5.26. The molecule has 1 fully saturated rings. The molecule has 0 unspecified atom stereocenters. The molecule has 0 saturated carbocycles. The summed E-state index contributed by atoms with van der Waals surface area (Å²) in [5.41, 5.74) is 1.88. The first-order valence-corrected chi connectivity index (χ1v) is 9.34. The van der Waals surface area contributed by atoms with E-state index in [-0.39, 0.29) is 25.2 Å². The van der Waals surface area contributed by atoms with Crippen molar-refractivity contribution in [3.05, 3.63) is 29.6 Å². The van der Waals surface area contributed by atoms with E-state index in [1.807, 2.05) is 11.8 Å². The van der Waals surface area contributed by atoms with Crippen molar-refractivity contribution < 1.29 is 23.8 Å². The molecule has 154 valence electrons. The number of nitrogens with zero attached hydrogens (tertiary/aromatic N) is 3. The summed E-state index contributed by atoms with van der Waals surface area (Å²) in [4.78, 5) is 28.8. The summed E-state index contributed by atoms with van der Waals surface area (Å²) in [7, 11) is 1.53. The number of aryl methyl sites for hydroxylation is 1. The number of carbonyl (C=O) groups excluding carboxylic acids is 2. The maximum atomic E-state index is 12.5. The predicted octanol–water partition coefficient (Wildman–Crippen LogP) is 0.852. The number of piperazine rings is 1. The lowest BCUT2D eigenvalue weighted by Crippen LogP contribution is -2.50. The molecular weight excluding hydrogens is 378 g/mol. The summed E-state index contributed by atoms with van der Waals surface area (Å²) >= 11 is 0. The van der Waals surface area contributed by atoms with Gasteiger partial charge in [0.2, 0.25) is 12.7 Å². The van der Waals surface area contributed by atoms with Gasteiger partial charge in [-0.3, -0.25) is 19.6 Å². The van der Waals surface area contributed by atoms with Crippen molar-refractivity contribution in [2.75, 3.05) is 51.9 Å². The van der Waals surface area contributed by atoms with Crippen LogP contribution in [-0.4, -0.2) is 78.4 Å². The lowest BCUT2D eigenvalue weighted by Gasteiger charge is -2.34. The minimum Gasteiger partial charge on any atom is -0.494 e. The molecule has 0 bridgehead atoms. The molecule has 1 aromatic carbocycles. The average Bonchev–Trinajstić information content (AvgIpc) is 3.35. The van der Waals surface area contributed by atoms with Gasteiger partial charge in [-0.25, -0.2) is 0 Å². The largest absolute Gasteiger partial charge is 0.494 e. The van der Waals surface area contributed by atoms with Crippen molar-refractivity contribution >= 4 is 17.5 Å². The van der Waals surface area contributed by atoms with Crippen molar-refractivity contribution in [3.8, 4) is 17.2 Å². The van der Waals surface area contributed by atoms with Crippen LogP contribution in [0.25, 0.3) is 0 Å². The Morgan fingerprint density at radius 1 is 1.21 bits per heavy atom. The molecule has 1 saturated heterocycles. The van der Waals surface area contributed by atoms with Gasteiger partial charge in [0, 0.05) is 38.3 Å². The van der Waals surface area contributed by atoms with E-state index >= 15 is 0 Å². The second-order valence-corrected chi connectivity index (χ2v) is 6.95. The highest BCUT2D eigenvalue weighted by atomic mass is 16.7. The van der Waals surface area contributed by atoms with Crippen LogP contribution in [0.3, 0.4) is 0 Å². The molecule has 2 amide bonds. The van der Waals surface area contributed by atoms with E-state index in [1.54, 1.807) is 23.2 Å². The maximum absolute atomic E-state index is 12.5. The number of methoxy groups -OCH3 is 1. The Labute approximate surface area is 167 Å². The molecule has 2 N–H and O–H groups in total. The smallest absolute Gasteiger partial charge is 0.272 e. The minimum atomic E-state index is -0.161. The number of benzene rings is 1. The van der Waals surface area contributed by atoms with Gasteiger partial charge in [-0.2, -0.15) is 5.10 Å². The van der Waals surface area contributed by atoms with Gasteiger partial charge >= 0.3 is 0 Å². The third-order valence-corrected chi connectivity index (χ3v) is 5.04. The number of anilines is 1. The molecule has 10 nitrogen and oxygen atoms in total. The van der Waals surface area contributed by atoms with Crippen LogP contribution in [0.2, 0.25) is 0 Å². The fraction of sp³-hybridized carbons (Fsp3) is 0.421. The van der Waals surface area contributed by atoms with Gasteiger partial charge in [0.05, 0.1) is 25.5 Å². The fourth-order valence-electron chi connectivity index (χ4n) is 3.41. The Hall–Kier alpha value is -3.27. The van der Waals surface area contributed by atoms with Gasteiger partial charge in [-0.15, -0.1) is 0 Å². The quantitative estimate of drug-likeness (QED) is 0.765. The molecule has 1 aromatic heterocycles. The third-order valence-electron chi connectivity index (χ3n) is 5.04. The number of ether oxygens (including phenoxy) is 3. The highest BCUT2D eigenvalue weighted by Crippen LogP contribution is 2.40. The van der Waals surface area contributed by atoms with Gasteiger partial charge in [0.25, 0.3) is 5.91 Å². The van der Waals surface area contributed by atoms with Gasteiger partial charge in [-0.05, 0) is 12.5 Å². The van der Waals surface area contributed by atoms with E-state index in [0.29, 0.717) is 54.8 Å². The number of rotatable bonds is 5. The van der Waals surface area contributed by atoms with Gasteiger partial charge in [-0.1, -0.05) is 0 Å². The number of aromatic amines is 1. The summed E-state index contributed by atoms with van der Waals surface area (Å²) in [5, 5.41) is 9.52. The first-order valence-electron chi connectivity index (χ1n) is 9.34. The Morgan fingerprint density at radius 2 is 1.93 bits per heavy atom. The number of H-pyrrole nitrogens is 1. The zero-order valence-corrected chi connectivity index (χ0v) is 16.4. The van der Waals surface area contributed by atoms with Gasteiger partial charge in [0.1, 0.15) is 11.4 Å². The summed E-state index contributed by atoms with van der Waals surface area (Å²) < 4.78 is 16.0. The molecule has 2 aliphatic rings. The molecule has 2 aromatic rings. The van der Waals surface area contributed by atoms with Gasteiger partial charge in [0.15, 0.2) is 11.5 Å². The topological polar surface area (TPSA) is 109 Å². The van der Waals surface area contributed by atoms with Crippen LogP contribution < -0.4 is 19.5 Å². The first kappa shape index (κ1) is 19.1. The highest BCUT2D eigenvalue weighted by Gasteiger charge is 2.25. The number of aromatic nitrogens is 2. The number of fused-ring (bicyclic) bond motifs is 1. The summed E-state index contributed by atoms with van der Waals surface area (Å²) in [6.07, 6.45) is 1.64. The minimum absolute atomic E-state index is 0.0609. The summed E-state index contributed by atoms with van der Waals surface area (Å²) in [6.45, 7) is 4.56. The molecule has 29 heavy (non-hydrogen) atoms. The van der Waals surface area contributed by atoms with Crippen molar-refractivity contribution in [3.63, 3.8) is 0 Å². The van der Waals surface area contributed by atoms with Crippen LogP contribution in [0.15, 0.2) is 18.3 Å². The van der Waals surface area contributed by atoms with E-state index < -0.39 is 0 Å². The Balaban J connectivity index is 1.31. The molecule has 2 aliphatic heterocycles. The van der Waals surface area contributed by atoms with Crippen molar-refractivity contribution in [2.24, 2.45) is 0 Å². The predicted molar refractivity (Wildman–Crippen MR) is 103 cm³/mol. The number of hydrogen-bond acceptors (Lipinski definition) is 7. The molecular formula is C19H23N5O5. The van der Waals surface area contributed by atoms with Crippen LogP contribution in [0, 0.1) is 6.92 Å². The maximum Gasteiger partial charge on any atom is 0.272 e. The van der Waals surface area contributed by atoms with Crippen molar-refractivity contribution in [2.45, 2.75) is 6.92 Å². The monoisotopic (exact) mass is 401 g/mol. The van der Waals surface area contributed by atoms with Crippen LogP contribution in [-0.2, 0) is 4.79 Å². The number of hydrogen-bond donors (Lipinski definition) is 2. The lowest BCUT2D eigenvalue weighted by molar-refractivity contribution is -0.117.